The van der Waals surface area contributed by atoms with E-state index in [-0.39, 0.29) is 5.69 Å². The van der Waals surface area contributed by atoms with E-state index in [0.29, 0.717) is 31.3 Å². The second-order valence-electron chi connectivity index (χ2n) is 6.06. The molecule has 0 amide bonds. The molecule has 0 aliphatic rings. The predicted octanol–water partition coefficient (Wildman–Crippen LogP) is 2.87. The molecule has 1 heterocycles. The van der Waals surface area contributed by atoms with E-state index in [1.165, 1.54) is 6.07 Å². The smallest absolute Gasteiger partial charge is 0.292 e. The number of aromatic nitrogens is 1. The number of nitro benzene ring substituents is 1. The van der Waals surface area contributed by atoms with Crippen molar-refractivity contribution < 1.29 is 9.45 Å². The molecular formula is C19H28N6O3. The Morgan fingerprint density at radius 3 is 2.64 bits per heavy atom. The number of aliphatic imine (C=N–C) groups is 1. The van der Waals surface area contributed by atoms with Crippen molar-refractivity contribution in [3.63, 3.8) is 0 Å². The fourth-order valence-corrected chi connectivity index (χ4v) is 2.78. The Balaban J connectivity index is 1.94. The summed E-state index contributed by atoms with van der Waals surface area (Å²) in [7, 11) is 0. The van der Waals surface area contributed by atoms with E-state index in [9.17, 15) is 10.1 Å². The van der Waals surface area contributed by atoms with Gasteiger partial charge in [0.05, 0.1) is 17.2 Å². The van der Waals surface area contributed by atoms with Gasteiger partial charge in [-0.2, -0.15) is 0 Å². The zero-order valence-electron chi connectivity index (χ0n) is 16.6. The molecule has 1 aromatic heterocycles. The summed E-state index contributed by atoms with van der Waals surface area (Å²) in [6.45, 7) is 8.37. The first kappa shape index (κ1) is 21.2. The van der Waals surface area contributed by atoms with Gasteiger partial charge in [-0.1, -0.05) is 31.1 Å². The Kier molecular flexibility index (Phi) is 8.26. The van der Waals surface area contributed by atoms with Gasteiger partial charge in [0.2, 0.25) is 0 Å². The van der Waals surface area contributed by atoms with Crippen LogP contribution in [0.4, 0.5) is 11.4 Å². The minimum Gasteiger partial charge on any atom is -0.378 e. The van der Waals surface area contributed by atoms with Crippen LogP contribution < -0.4 is 16.0 Å². The van der Waals surface area contributed by atoms with Gasteiger partial charge in [-0.25, -0.2) is 4.99 Å². The number of para-hydroxylation sites is 2. The van der Waals surface area contributed by atoms with E-state index in [2.05, 4.69) is 26.1 Å². The quantitative estimate of drug-likeness (QED) is 0.188. The van der Waals surface area contributed by atoms with Crippen molar-refractivity contribution in [2.24, 2.45) is 4.99 Å². The molecule has 9 heteroatoms. The van der Waals surface area contributed by atoms with Crippen LogP contribution in [0.1, 0.15) is 37.8 Å². The molecule has 0 atom stereocenters. The van der Waals surface area contributed by atoms with Crippen molar-refractivity contribution in [3.05, 3.63) is 51.4 Å². The summed E-state index contributed by atoms with van der Waals surface area (Å²) >= 11 is 0. The maximum absolute atomic E-state index is 11.1. The monoisotopic (exact) mass is 388 g/mol. The minimum absolute atomic E-state index is 0.0646. The minimum atomic E-state index is -0.392. The third-order valence-electron chi connectivity index (χ3n) is 4.18. The van der Waals surface area contributed by atoms with Gasteiger partial charge in [0.25, 0.3) is 5.69 Å². The van der Waals surface area contributed by atoms with E-state index in [0.717, 1.165) is 36.4 Å². The number of anilines is 1. The molecule has 2 rings (SSSR count). The largest absolute Gasteiger partial charge is 0.378 e. The molecule has 0 aliphatic heterocycles. The third-order valence-corrected chi connectivity index (χ3v) is 4.18. The molecule has 0 radical (unpaired) electrons. The zero-order valence-corrected chi connectivity index (χ0v) is 16.6. The Bertz CT molecular complexity index is 781. The number of hydrogen-bond acceptors (Lipinski definition) is 6. The van der Waals surface area contributed by atoms with Crippen molar-refractivity contribution >= 4 is 17.3 Å². The molecule has 0 unspecified atom stereocenters. The number of rotatable bonds is 10. The van der Waals surface area contributed by atoms with Crippen LogP contribution in [-0.4, -0.2) is 35.7 Å². The lowest BCUT2D eigenvalue weighted by atomic mass is 10.1. The van der Waals surface area contributed by atoms with Gasteiger partial charge in [-0.05, 0) is 19.4 Å². The fraction of sp³-hybridized carbons (Fsp3) is 0.474. The molecular weight excluding hydrogens is 360 g/mol. The highest BCUT2D eigenvalue weighted by atomic mass is 16.6. The van der Waals surface area contributed by atoms with Crippen LogP contribution in [0.15, 0.2) is 33.8 Å². The van der Waals surface area contributed by atoms with E-state index in [4.69, 9.17) is 4.52 Å². The normalized spacial score (nSPS) is 11.3. The SMILES string of the molecule is CCNC(=NCc1c(CC)noc1CC)NCCNc1ccccc1[N+](=O)[O-]. The summed E-state index contributed by atoms with van der Waals surface area (Å²) < 4.78 is 5.38. The van der Waals surface area contributed by atoms with E-state index in [1.807, 2.05) is 20.8 Å². The van der Waals surface area contributed by atoms with E-state index < -0.39 is 4.92 Å². The molecule has 0 aliphatic carbocycles. The summed E-state index contributed by atoms with van der Waals surface area (Å²) in [5.74, 6) is 1.55. The predicted molar refractivity (Wildman–Crippen MR) is 110 cm³/mol. The molecule has 9 nitrogen and oxygen atoms in total. The Labute approximate surface area is 164 Å². The molecule has 1 aromatic carbocycles. The fourth-order valence-electron chi connectivity index (χ4n) is 2.78. The summed E-state index contributed by atoms with van der Waals surface area (Å²) in [5, 5.41) is 24.7. The van der Waals surface area contributed by atoms with E-state index >= 15 is 0 Å². The second kappa shape index (κ2) is 10.9. The topological polar surface area (TPSA) is 118 Å². The number of aryl methyl sites for hydroxylation is 2. The number of guanidine groups is 1. The molecule has 0 saturated heterocycles. The van der Waals surface area contributed by atoms with Crippen molar-refractivity contribution in [1.29, 1.82) is 0 Å². The summed E-state index contributed by atoms with van der Waals surface area (Å²) in [6.07, 6.45) is 1.58. The first-order chi connectivity index (χ1) is 13.6. The van der Waals surface area contributed by atoms with Gasteiger partial charge in [0, 0.05) is 37.7 Å². The standard InChI is InChI=1S/C19H28N6O3/c1-4-15-14(18(5-2)28-24-15)13-23-19(20-6-3)22-12-11-21-16-9-7-8-10-17(16)25(26)27/h7-10,21H,4-6,11-13H2,1-3H3,(H2,20,22,23). The molecule has 0 fully saturated rings. The van der Waals surface area contributed by atoms with Crippen molar-refractivity contribution in [3.8, 4) is 0 Å². The molecule has 0 saturated carbocycles. The lowest BCUT2D eigenvalue weighted by Gasteiger charge is -2.12. The number of nitro groups is 1. The molecule has 28 heavy (non-hydrogen) atoms. The highest BCUT2D eigenvalue weighted by Gasteiger charge is 2.13. The van der Waals surface area contributed by atoms with E-state index in [1.54, 1.807) is 18.2 Å². The maximum atomic E-state index is 11.1. The molecule has 0 spiro atoms. The Morgan fingerprint density at radius 2 is 1.96 bits per heavy atom. The first-order valence-electron chi connectivity index (χ1n) is 9.56. The number of nitrogens with one attached hydrogen (secondary N) is 3. The van der Waals surface area contributed by atoms with Gasteiger partial charge >= 0.3 is 0 Å². The van der Waals surface area contributed by atoms with Gasteiger partial charge in [-0.3, -0.25) is 10.1 Å². The lowest BCUT2D eigenvalue weighted by molar-refractivity contribution is -0.384. The van der Waals surface area contributed by atoms with Crippen LogP contribution in [0, 0.1) is 10.1 Å². The van der Waals surface area contributed by atoms with Crippen LogP contribution in [-0.2, 0) is 19.4 Å². The lowest BCUT2D eigenvalue weighted by Crippen LogP contribution is -2.39. The highest BCUT2D eigenvalue weighted by Crippen LogP contribution is 2.22. The summed E-state index contributed by atoms with van der Waals surface area (Å²) in [4.78, 5) is 15.3. The van der Waals surface area contributed by atoms with Crippen LogP contribution in [0.5, 0.6) is 0 Å². The summed E-state index contributed by atoms with van der Waals surface area (Å²) in [5.41, 5.74) is 2.55. The molecule has 3 N–H and O–H groups in total. The number of hydrogen-bond donors (Lipinski definition) is 3. The highest BCUT2D eigenvalue weighted by molar-refractivity contribution is 5.79. The van der Waals surface area contributed by atoms with Crippen molar-refractivity contribution in [2.75, 3.05) is 25.0 Å². The Hall–Kier alpha value is -3.10. The molecule has 2 aromatic rings. The molecule has 152 valence electrons. The zero-order chi connectivity index (χ0) is 20.4. The Morgan fingerprint density at radius 1 is 1.18 bits per heavy atom. The second-order valence-corrected chi connectivity index (χ2v) is 6.06. The third kappa shape index (κ3) is 5.70. The van der Waals surface area contributed by atoms with Crippen LogP contribution >= 0.6 is 0 Å². The van der Waals surface area contributed by atoms with Crippen molar-refractivity contribution in [2.45, 2.75) is 40.2 Å². The average molecular weight is 388 g/mol. The number of benzene rings is 1. The van der Waals surface area contributed by atoms with Gasteiger partial charge in [0.1, 0.15) is 11.4 Å². The average Bonchev–Trinajstić information content (AvgIpc) is 3.11. The summed E-state index contributed by atoms with van der Waals surface area (Å²) in [6, 6.07) is 6.60. The van der Waals surface area contributed by atoms with Gasteiger partial charge in [0.15, 0.2) is 5.96 Å². The van der Waals surface area contributed by atoms with Crippen LogP contribution in [0.25, 0.3) is 0 Å². The van der Waals surface area contributed by atoms with Gasteiger partial charge in [-0.15, -0.1) is 0 Å². The van der Waals surface area contributed by atoms with Crippen LogP contribution in [0.2, 0.25) is 0 Å². The van der Waals surface area contributed by atoms with Gasteiger partial charge < -0.3 is 20.5 Å². The van der Waals surface area contributed by atoms with Crippen LogP contribution in [0.3, 0.4) is 0 Å². The molecule has 0 bridgehead atoms. The number of nitrogens with zero attached hydrogens (tertiary/aromatic N) is 3. The van der Waals surface area contributed by atoms with Crippen molar-refractivity contribution in [1.82, 2.24) is 15.8 Å². The first-order valence-corrected chi connectivity index (χ1v) is 9.56. The maximum Gasteiger partial charge on any atom is 0.292 e.